The van der Waals surface area contributed by atoms with Gasteiger partial charge in [-0.05, 0) is 48.7 Å². The number of aliphatic hydroxyl groups excluding tert-OH is 1. The van der Waals surface area contributed by atoms with Gasteiger partial charge in [-0.3, -0.25) is 4.79 Å². The number of carbonyl (C=O) groups is 1. The zero-order chi connectivity index (χ0) is 27.5. The van der Waals surface area contributed by atoms with Gasteiger partial charge in [-0.2, -0.15) is 5.26 Å². The maximum Gasteiger partial charge on any atom is 0.255 e. The Morgan fingerprint density at radius 2 is 2.05 bits per heavy atom. The summed E-state index contributed by atoms with van der Waals surface area (Å²) >= 11 is 6.57. The fourth-order valence-electron chi connectivity index (χ4n) is 5.97. The first-order chi connectivity index (χ1) is 18.6. The normalized spacial score (nSPS) is 18.4. The Morgan fingerprint density at radius 3 is 2.74 bits per heavy atom. The summed E-state index contributed by atoms with van der Waals surface area (Å²) in [6.07, 6.45) is 2.88. The largest absolute Gasteiger partial charge is 0.495 e. The van der Waals surface area contributed by atoms with Crippen LogP contribution < -0.4 is 15.4 Å². The number of hydrogen-bond donors (Lipinski definition) is 3. The van der Waals surface area contributed by atoms with Crippen LogP contribution in [-0.2, 0) is 5.41 Å². The van der Waals surface area contributed by atoms with Crippen LogP contribution in [0.5, 0.6) is 5.75 Å². The predicted octanol–water partition coefficient (Wildman–Crippen LogP) is 4.72. The molecular formula is C29H29ClN6O3. The van der Waals surface area contributed by atoms with E-state index < -0.39 is 0 Å². The molecule has 0 radical (unpaired) electrons. The number of benzene rings is 2. The van der Waals surface area contributed by atoms with Crippen molar-refractivity contribution in [1.82, 2.24) is 14.9 Å². The van der Waals surface area contributed by atoms with Gasteiger partial charge in [-0.15, -0.1) is 0 Å². The maximum atomic E-state index is 13.1. The van der Waals surface area contributed by atoms with Gasteiger partial charge in [0.1, 0.15) is 11.8 Å². The second-order valence-corrected chi connectivity index (χ2v) is 11.8. The van der Waals surface area contributed by atoms with Gasteiger partial charge in [0, 0.05) is 42.2 Å². The highest BCUT2D eigenvalue weighted by molar-refractivity contribution is 6.34. The van der Waals surface area contributed by atoms with Crippen LogP contribution in [0.15, 0.2) is 36.5 Å². The van der Waals surface area contributed by atoms with E-state index in [-0.39, 0.29) is 22.8 Å². The van der Waals surface area contributed by atoms with E-state index in [1.165, 1.54) is 7.11 Å². The third kappa shape index (κ3) is 4.34. The summed E-state index contributed by atoms with van der Waals surface area (Å²) in [6, 6.07) is 11.3. The molecule has 10 heteroatoms. The first-order valence-corrected chi connectivity index (χ1v) is 13.3. The molecule has 1 saturated carbocycles. The van der Waals surface area contributed by atoms with Crippen LogP contribution in [0.2, 0.25) is 5.02 Å². The molecule has 1 spiro atoms. The lowest BCUT2D eigenvalue weighted by molar-refractivity contribution is -0.113. The summed E-state index contributed by atoms with van der Waals surface area (Å²) in [7, 11) is 1.53. The van der Waals surface area contributed by atoms with Gasteiger partial charge < -0.3 is 25.4 Å². The van der Waals surface area contributed by atoms with Crippen molar-refractivity contribution < 1.29 is 14.6 Å². The Balaban J connectivity index is 1.25. The van der Waals surface area contributed by atoms with Gasteiger partial charge in [0.2, 0.25) is 5.95 Å². The van der Waals surface area contributed by atoms with Crippen LogP contribution >= 0.6 is 11.6 Å². The van der Waals surface area contributed by atoms with Gasteiger partial charge in [0.05, 0.1) is 46.4 Å². The Bertz CT molecular complexity index is 1530. The molecule has 1 amide bonds. The van der Waals surface area contributed by atoms with E-state index in [0.717, 1.165) is 36.2 Å². The lowest BCUT2D eigenvalue weighted by Crippen LogP contribution is -2.65. The summed E-state index contributed by atoms with van der Waals surface area (Å²) in [5.41, 5.74) is 4.88. The zero-order valence-electron chi connectivity index (χ0n) is 22.0. The summed E-state index contributed by atoms with van der Waals surface area (Å²) in [6.45, 7) is 6.31. The van der Waals surface area contributed by atoms with Crippen LogP contribution in [0.4, 0.5) is 17.3 Å². The van der Waals surface area contributed by atoms with Crippen molar-refractivity contribution in [3.63, 3.8) is 0 Å². The van der Waals surface area contributed by atoms with E-state index in [4.69, 9.17) is 21.3 Å². The van der Waals surface area contributed by atoms with E-state index in [1.807, 2.05) is 6.07 Å². The van der Waals surface area contributed by atoms with Crippen LogP contribution in [-0.4, -0.2) is 58.7 Å². The third-order valence-electron chi connectivity index (χ3n) is 8.09. The first-order valence-electron chi connectivity index (χ1n) is 12.9. The van der Waals surface area contributed by atoms with Crippen molar-refractivity contribution in [2.24, 2.45) is 5.41 Å². The van der Waals surface area contributed by atoms with Crippen LogP contribution in [0, 0.1) is 16.7 Å². The fourth-order valence-corrected chi connectivity index (χ4v) is 6.21. The Labute approximate surface area is 231 Å². The lowest BCUT2D eigenvalue weighted by Gasteiger charge is -2.57. The molecule has 1 aromatic heterocycles. The van der Waals surface area contributed by atoms with E-state index in [0.29, 0.717) is 52.3 Å². The van der Waals surface area contributed by atoms with Crippen LogP contribution in [0.25, 0.3) is 11.3 Å². The quantitative estimate of drug-likeness (QED) is 0.421. The average molecular weight is 545 g/mol. The number of anilines is 3. The number of hydrogen-bond acceptors (Lipinski definition) is 8. The van der Waals surface area contributed by atoms with Gasteiger partial charge >= 0.3 is 0 Å². The second-order valence-electron chi connectivity index (χ2n) is 11.4. The number of nitrogens with zero attached hydrogens (tertiary/aromatic N) is 4. The molecule has 9 nitrogen and oxygen atoms in total. The minimum Gasteiger partial charge on any atom is -0.495 e. The standard InChI is InChI=1S/C29H29ClN6O3/c1-28(2)13-33-25-17(12-31)6-16(7-20(25)28)22-4-5-32-27(34-22)35-23-9-21(30)19(8-24(23)39-3)26(38)36-14-29(15-36)10-18(37)11-29/h4-9,18,33,37H,10-11,13-15H2,1-3H3,(H,32,34,35). The molecule has 0 unspecified atom stereocenters. The Kier molecular flexibility index (Phi) is 5.93. The molecule has 3 N–H and O–H groups in total. The summed E-state index contributed by atoms with van der Waals surface area (Å²) in [4.78, 5) is 23.9. The molecule has 3 aromatic rings. The number of ether oxygens (including phenoxy) is 1. The van der Waals surface area contributed by atoms with Gasteiger partial charge in [-0.1, -0.05) is 25.4 Å². The number of fused-ring (bicyclic) bond motifs is 1. The zero-order valence-corrected chi connectivity index (χ0v) is 22.8. The predicted molar refractivity (Wildman–Crippen MR) is 149 cm³/mol. The summed E-state index contributed by atoms with van der Waals surface area (Å²) < 4.78 is 5.58. The van der Waals surface area contributed by atoms with Crippen LogP contribution in [0.1, 0.15) is 48.2 Å². The van der Waals surface area contributed by atoms with Gasteiger partial charge in [0.25, 0.3) is 5.91 Å². The molecule has 39 heavy (non-hydrogen) atoms. The molecule has 3 heterocycles. The SMILES string of the molecule is COc1cc(C(=O)N2CC3(CC(O)C3)C2)c(Cl)cc1Nc1nccc(-c2cc(C#N)c3c(c2)C(C)(C)CN3)n1. The molecule has 1 saturated heterocycles. The fraction of sp³-hybridized carbons (Fsp3) is 0.379. The molecule has 6 rings (SSSR count). The molecule has 3 aliphatic rings. The number of nitriles is 1. The number of aliphatic hydroxyl groups is 1. The van der Waals surface area contributed by atoms with Crippen molar-refractivity contribution in [3.05, 3.63) is 58.2 Å². The molecule has 0 bridgehead atoms. The van der Waals surface area contributed by atoms with E-state index in [9.17, 15) is 15.2 Å². The van der Waals surface area contributed by atoms with E-state index >= 15 is 0 Å². The molecule has 0 atom stereocenters. The van der Waals surface area contributed by atoms with E-state index in [2.05, 4.69) is 41.6 Å². The maximum absolute atomic E-state index is 13.1. The number of halogens is 1. The number of aromatic nitrogens is 2. The average Bonchev–Trinajstić information content (AvgIpc) is 3.19. The molecule has 2 aliphatic heterocycles. The Hall–Kier alpha value is -3.87. The number of carbonyl (C=O) groups excluding carboxylic acids is 1. The summed E-state index contributed by atoms with van der Waals surface area (Å²) in [5.74, 6) is 0.603. The van der Waals surface area contributed by atoms with Crippen molar-refractivity contribution in [2.45, 2.75) is 38.2 Å². The van der Waals surface area contributed by atoms with Gasteiger partial charge in [-0.25, -0.2) is 9.97 Å². The molecule has 2 fully saturated rings. The monoisotopic (exact) mass is 544 g/mol. The van der Waals surface area contributed by atoms with Crippen molar-refractivity contribution >= 4 is 34.8 Å². The van der Waals surface area contributed by atoms with Crippen molar-refractivity contribution in [1.29, 1.82) is 5.26 Å². The van der Waals surface area contributed by atoms with Crippen molar-refractivity contribution in [2.75, 3.05) is 37.4 Å². The highest BCUT2D eigenvalue weighted by Gasteiger charge is 2.53. The summed E-state index contributed by atoms with van der Waals surface area (Å²) in [5, 5.41) is 26.2. The molecule has 200 valence electrons. The molecular weight excluding hydrogens is 516 g/mol. The smallest absolute Gasteiger partial charge is 0.255 e. The van der Waals surface area contributed by atoms with Gasteiger partial charge in [0.15, 0.2) is 0 Å². The number of amides is 1. The molecule has 1 aliphatic carbocycles. The Morgan fingerprint density at radius 1 is 1.28 bits per heavy atom. The van der Waals surface area contributed by atoms with Crippen molar-refractivity contribution in [3.8, 4) is 23.1 Å². The van der Waals surface area contributed by atoms with Crippen LogP contribution in [0.3, 0.4) is 0 Å². The number of nitrogens with one attached hydrogen (secondary N) is 2. The number of methoxy groups -OCH3 is 1. The topological polar surface area (TPSA) is 123 Å². The second kappa shape index (κ2) is 9.11. The lowest BCUT2D eigenvalue weighted by atomic mass is 9.62. The number of likely N-dealkylation sites (tertiary alicyclic amines) is 1. The third-order valence-corrected chi connectivity index (χ3v) is 8.40. The number of rotatable bonds is 5. The highest BCUT2D eigenvalue weighted by atomic mass is 35.5. The minimum atomic E-state index is -0.253. The van der Waals surface area contributed by atoms with E-state index in [1.54, 1.807) is 29.3 Å². The highest BCUT2D eigenvalue weighted by Crippen LogP contribution is 2.49. The minimum absolute atomic E-state index is 0.0641. The first kappa shape index (κ1) is 25.4. The molecule has 2 aromatic carbocycles.